The van der Waals surface area contributed by atoms with Crippen LogP contribution in [-0.2, 0) is 0 Å². The Kier molecular flexibility index (Phi) is 4.79. The quantitative estimate of drug-likeness (QED) is 0.794. The van der Waals surface area contributed by atoms with Crippen molar-refractivity contribution in [2.24, 2.45) is 0 Å². The van der Waals surface area contributed by atoms with Crippen molar-refractivity contribution in [1.29, 1.82) is 0 Å². The fraction of sp³-hybridized carbons (Fsp3) is 0.700. The summed E-state index contributed by atoms with van der Waals surface area (Å²) in [6.07, 6.45) is 1.10. The second-order valence-corrected chi connectivity index (χ2v) is 5.13. The summed E-state index contributed by atoms with van der Waals surface area (Å²) in [7, 11) is 5.66. The third kappa shape index (κ3) is 3.52. The van der Waals surface area contributed by atoms with Crippen molar-refractivity contribution in [2.75, 3.05) is 31.4 Å². The van der Waals surface area contributed by atoms with Crippen molar-refractivity contribution in [3.8, 4) is 0 Å². The molecule has 0 radical (unpaired) electrons. The van der Waals surface area contributed by atoms with Gasteiger partial charge in [-0.1, -0.05) is 25.6 Å². The van der Waals surface area contributed by atoms with Crippen LogP contribution in [0.15, 0.2) is 5.16 Å². The topological polar surface area (TPSA) is 53.9 Å². The van der Waals surface area contributed by atoms with E-state index in [4.69, 9.17) is 0 Å². The molecule has 0 saturated heterocycles. The molecule has 90 valence electrons. The Morgan fingerprint density at radius 1 is 1.31 bits per heavy atom. The minimum absolute atomic E-state index is 0.516. The predicted molar refractivity (Wildman–Crippen MR) is 69.3 cm³/mol. The molecule has 1 aromatic rings. The molecule has 6 heteroatoms. The molecule has 1 atom stereocenters. The van der Waals surface area contributed by atoms with Gasteiger partial charge in [-0.25, -0.2) is 0 Å². The second kappa shape index (κ2) is 5.89. The van der Waals surface area contributed by atoms with Crippen LogP contribution in [0.2, 0.25) is 0 Å². The number of hydrogen-bond acceptors (Lipinski definition) is 6. The van der Waals surface area contributed by atoms with Gasteiger partial charge in [-0.05, 0) is 6.42 Å². The lowest BCUT2D eigenvalue weighted by molar-refractivity contribution is 0.850. The summed E-state index contributed by atoms with van der Waals surface area (Å²) in [6, 6.07) is 0. The van der Waals surface area contributed by atoms with Crippen LogP contribution in [0.25, 0.3) is 0 Å². The fourth-order valence-electron chi connectivity index (χ4n) is 0.974. The molecule has 1 rings (SSSR count). The summed E-state index contributed by atoms with van der Waals surface area (Å²) < 4.78 is 0. The first-order valence-electron chi connectivity index (χ1n) is 5.34. The van der Waals surface area contributed by atoms with E-state index < -0.39 is 0 Å². The van der Waals surface area contributed by atoms with Crippen LogP contribution in [0.1, 0.15) is 20.3 Å². The lowest BCUT2D eigenvalue weighted by Gasteiger charge is -2.13. The third-order valence-corrected chi connectivity index (χ3v) is 3.24. The summed E-state index contributed by atoms with van der Waals surface area (Å²) in [4.78, 5) is 14.9. The van der Waals surface area contributed by atoms with Gasteiger partial charge in [0.25, 0.3) is 0 Å². The van der Waals surface area contributed by atoms with Gasteiger partial charge >= 0.3 is 0 Å². The van der Waals surface area contributed by atoms with Crippen LogP contribution in [0.4, 0.5) is 11.9 Å². The van der Waals surface area contributed by atoms with Gasteiger partial charge in [0.15, 0.2) is 5.16 Å². The molecule has 0 amide bonds. The van der Waals surface area contributed by atoms with Gasteiger partial charge in [-0.3, -0.25) is 0 Å². The van der Waals surface area contributed by atoms with E-state index in [1.165, 1.54) is 0 Å². The van der Waals surface area contributed by atoms with Crippen molar-refractivity contribution < 1.29 is 0 Å². The molecule has 0 saturated carbocycles. The highest BCUT2D eigenvalue weighted by atomic mass is 32.2. The molecular formula is C10H19N5S. The number of aromatic nitrogens is 3. The normalized spacial score (nSPS) is 12.3. The first-order valence-corrected chi connectivity index (χ1v) is 6.22. The Labute approximate surface area is 101 Å². The van der Waals surface area contributed by atoms with Crippen LogP contribution < -0.4 is 10.2 Å². The van der Waals surface area contributed by atoms with E-state index in [1.54, 1.807) is 11.8 Å². The summed E-state index contributed by atoms with van der Waals surface area (Å²) in [5.74, 6) is 1.30. The fourth-order valence-corrected chi connectivity index (χ4v) is 1.77. The molecule has 5 nitrogen and oxygen atoms in total. The van der Waals surface area contributed by atoms with E-state index in [0.717, 1.165) is 11.6 Å². The number of hydrogen-bond donors (Lipinski definition) is 1. The zero-order valence-corrected chi connectivity index (χ0v) is 11.3. The van der Waals surface area contributed by atoms with E-state index in [-0.39, 0.29) is 0 Å². The van der Waals surface area contributed by atoms with E-state index in [0.29, 0.717) is 17.1 Å². The predicted octanol–water partition coefficient (Wildman–Crippen LogP) is 1.87. The third-order valence-electron chi connectivity index (χ3n) is 2.11. The summed E-state index contributed by atoms with van der Waals surface area (Å²) in [5, 5.41) is 4.24. The highest BCUT2D eigenvalue weighted by Gasteiger charge is 2.10. The van der Waals surface area contributed by atoms with Crippen LogP contribution >= 0.6 is 11.8 Å². The summed E-state index contributed by atoms with van der Waals surface area (Å²) >= 11 is 1.68. The zero-order valence-electron chi connectivity index (χ0n) is 10.5. The number of anilines is 2. The van der Waals surface area contributed by atoms with Gasteiger partial charge in [-0.15, -0.1) is 0 Å². The maximum Gasteiger partial charge on any atom is 0.230 e. The Morgan fingerprint density at radius 2 is 2.00 bits per heavy atom. The van der Waals surface area contributed by atoms with Crippen molar-refractivity contribution in [1.82, 2.24) is 15.0 Å². The highest BCUT2D eigenvalue weighted by Crippen LogP contribution is 2.23. The van der Waals surface area contributed by atoms with Crippen LogP contribution in [0.3, 0.4) is 0 Å². The maximum absolute atomic E-state index is 4.40. The minimum Gasteiger partial charge on any atom is -0.357 e. The smallest absolute Gasteiger partial charge is 0.230 e. The molecule has 1 unspecified atom stereocenters. The van der Waals surface area contributed by atoms with Gasteiger partial charge in [0.05, 0.1) is 0 Å². The van der Waals surface area contributed by atoms with Gasteiger partial charge in [0.2, 0.25) is 11.9 Å². The van der Waals surface area contributed by atoms with E-state index in [2.05, 4.69) is 34.1 Å². The molecule has 0 fully saturated rings. The lowest BCUT2D eigenvalue weighted by atomic mass is 10.4. The van der Waals surface area contributed by atoms with Gasteiger partial charge in [-0.2, -0.15) is 15.0 Å². The van der Waals surface area contributed by atoms with Crippen molar-refractivity contribution in [3.05, 3.63) is 0 Å². The largest absolute Gasteiger partial charge is 0.357 e. The number of nitrogens with zero attached hydrogens (tertiary/aromatic N) is 4. The molecule has 0 aliphatic rings. The SMILES string of the molecule is CCC(C)Sc1nc(NC)nc(N(C)C)n1. The van der Waals surface area contributed by atoms with Crippen LogP contribution in [-0.4, -0.2) is 41.3 Å². The Bertz CT molecular complexity index is 342. The second-order valence-electron chi connectivity index (χ2n) is 3.72. The number of thioether (sulfide) groups is 1. The highest BCUT2D eigenvalue weighted by molar-refractivity contribution is 7.99. The average Bonchev–Trinajstić information content (AvgIpc) is 2.28. The van der Waals surface area contributed by atoms with Gasteiger partial charge in [0.1, 0.15) is 0 Å². The maximum atomic E-state index is 4.40. The Hall–Kier alpha value is -1.04. The Morgan fingerprint density at radius 3 is 2.50 bits per heavy atom. The molecule has 0 spiro atoms. The Balaban J connectivity index is 2.95. The first-order chi connectivity index (χ1) is 7.56. The minimum atomic E-state index is 0.516. The molecule has 1 N–H and O–H groups in total. The molecule has 0 bridgehead atoms. The molecule has 0 aliphatic carbocycles. The standard InChI is InChI=1S/C10H19N5S/c1-6-7(2)16-10-13-8(11-3)12-9(14-10)15(4)5/h7H,6H2,1-5H3,(H,11,12,13,14). The van der Waals surface area contributed by atoms with E-state index in [9.17, 15) is 0 Å². The zero-order chi connectivity index (χ0) is 12.1. The number of rotatable bonds is 5. The van der Waals surface area contributed by atoms with Gasteiger partial charge in [0, 0.05) is 26.4 Å². The molecule has 16 heavy (non-hydrogen) atoms. The average molecular weight is 241 g/mol. The van der Waals surface area contributed by atoms with Crippen molar-refractivity contribution >= 4 is 23.7 Å². The summed E-state index contributed by atoms with van der Waals surface area (Å²) in [6.45, 7) is 4.33. The molecule has 1 heterocycles. The van der Waals surface area contributed by atoms with E-state index >= 15 is 0 Å². The lowest BCUT2D eigenvalue weighted by Crippen LogP contribution is -2.15. The van der Waals surface area contributed by atoms with Crippen molar-refractivity contribution in [3.63, 3.8) is 0 Å². The molecule has 1 aromatic heterocycles. The molecular weight excluding hydrogens is 222 g/mol. The number of nitrogens with one attached hydrogen (secondary N) is 1. The monoisotopic (exact) mass is 241 g/mol. The van der Waals surface area contributed by atoms with Crippen molar-refractivity contribution in [2.45, 2.75) is 30.7 Å². The van der Waals surface area contributed by atoms with Crippen LogP contribution in [0, 0.1) is 0 Å². The molecule has 0 aliphatic heterocycles. The summed E-state index contributed by atoms with van der Waals surface area (Å²) in [5.41, 5.74) is 0. The molecule has 0 aromatic carbocycles. The van der Waals surface area contributed by atoms with Crippen LogP contribution in [0.5, 0.6) is 0 Å². The first kappa shape index (κ1) is 13.0. The van der Waals surface area contributed by atoms with E-state index in [1.807, 2.05) is 26.0 Å². The van der Waals surface area contributed by atoms with Gasteiger partial charge < -0.3 is 10.2 Å².